The molecule has 1 fully saturated rings. The summed E-state index contributed by atoms with van der Waals surface area (Å²) in [6.45, 7) is 1.59. The van der Waals surface area contributed by atoms with Crippen molar-refractivity contribution in [2.45, 2.75) is 38.5 Å². The number of benzene rings is 1. The number of carbonyl (C=O) groups excluding carboxylic acids is 1. The van der Waals surface area contributed by atoms with Gasteiger partial charge in [0.1, 0.15) is 11.3 Å². The molecule has 5 rings (SSSR count). The van der Waals surface area contributed by atoms with Gasteiger partial charge in [-0.15, -0.1) is 0 Å². The molecule has 7 heteroatoms. The molecule has 0 radical (unpaired) electrons. The summed E-state index contributed by atoms with van der Waals surface area (Å²) in [6, 6.07) is 7.46. The molecule has 1 amide bonds. The zero-order valence-corrected chi connectivity index (χ0v) is 17.3. The van der Waals surface area contributed by atoms with Gasteiger partial charge in [-0.05, 0) is 62.8 Å². The van der Waals surface area contributed by atoms with Gasteiger partial charge in [-0.2, -0.15) is 5.10 Å². The van der Waals surface area contributed by atoms with E-state index in [2.05, 4.69) is 10.2 Å². The summed E-state index contributed by atoms with van der Waals surface area (Å²) in [5.74, 6) is 1.74. The minimum atomic E-state index is -0.0679. The van der Waals surface area contributed by atoms with Gasteiger partial charge in [-0.25, -0.2) is 9.50 Å². The number of hydrogen-bond acceptors (Lipinski definition) is 5. The Morgan fingerprint density at radius 2 is 2.00 bits per heavy atom. The number of nitrogens with one attached hydrogen (secondary N) is 1. The van der Waals surface area contributed by atoms with Crippen LogP contribution >= 0.6 is 0 Å². The van der Waals surface area contributed by atoms with Crippen molar-refractivity contribution in [1.82, 2.24) is 14.6 Å². The smallest absolute Gasteiger partial charge is 0.229 e. The van der Waals surface area contributed by atoms with Crippen LogP contribution in [0.4, 0.5) is 11.5 Å². The van der Waals surface area contributed by atoms with Crippen LogP contribution in [0.15, 0.2) is 36.7 Å². The Morgan fingerprint density at radius 3 is 2.83 bits per heavy atom. The van der Waals surface area contributed by atoms with E-state index in [9.17, 15) is 4.79 Å². The third-order valence-corrected chi connectivity index (χ3v) is 6.25. The average Bonchev–Trinajstić information content (AvgIpc) is 3.18. The molecule has 2 aromatic heterocycles. The van der Waals surface area contributed by atoms with E-state index in [1.165, 1.54) is 24.1 Å². The summed E-state index contributed by atoms with van der Waals surface area (Å²) < 4.78 is 7.17. The molecule has 30 heavy (non-hydrogen) atoms. The lowest BCUT2D eigenvalue weighted by Gasteiger charge is -2.33. The van der Waals surface area contributed by atoms with Gasteiger partial charge in [0.15, 0.2) is 5.82 Å². The number of amides is 1. The fourth-order valence-corrected chi connectivity index (χ4v) is 4.68. The van der Waals surface area contributed by atoms with Crippen LogP contribution in [-0.4, -0.2) is 40.7 Å². The highest BCUT2D eigenvalue weighted by atomic mass is 16.5. The SMILES string of the molecule is COc1ccc(NC(=O)[C@H]2CCCN(c3nccn4nc5c(c34)CCCC5)C2)cc1. The maximum absolute atomic E-state index is 12.9. The molecule has 7 nitrogen and oxygen atoms in total. The Balaban J connectivity index is 1.36. The van der Waals surface area contributed by atoms with Gasteiger partial charge in [-0.1, -0.05) is 0 Å². The summed E-state index contributed by atoms with van der Waals surface area (Å²) in [5, 5.41) is 7.85. The van der Waals surface area contributed by atoms with Crippen molar-refractivity contribution in [3.8, 4) is 5.75 Å². The van der Waals surface area contributed by atoms with Crippen LogP contribution in [-0.2, 0) is 17.6 Å². The molecule has 1 aliphatic heterocycles. The number of methoxy groups -OCH3 is 1. The predicted octanol–water partition coefficient (Wildman–Crippen LogP) is 3.47. The van der Waals surface area contributed by atoms with E-state index in [4.69, 9.17) is 14.8 Å². The van der Waals surface area contributed by atoms with Gasteiger partial charge in [0.2, 0.25) is 5.91 Å². The zero-order valence-electron chi connectivity index (χ0n) is 17.3. The second kappa shape index (κ2) is 7.97. The van der Waals surface area contributed by atoms with E-state index < -0.39 is 0 Å². The molecule has 3 aromatic rings. The lowest BCUT2D eigenvalue weighted by Crippen LogP contribution is -2.41. The van der Waals surface area contributed by atoms with Crippen molar-refractivity contribution < 1.29 is 9.53 Å². The van der Waals surface area contributed by atoms with Crippen LogP contribution in [0.2, 0.25) is 0 Å². The van der Waals surface area contributed by atoms with E-state index in [0.29, 0.717) is 6.54 Å². The molecule has 1 atom stereocenters. The Labute approximate surface area is 176 Å². The fourth-order valence-electron chi connectivity index (χ4n) is 4.68. The van der Waals surface area contributed by atoms with Gasteiger partial charge in [0, 0.05) is 36.7 Å². The quantitative estimate of drug-likeness (QED) is 0.720. The number of fused-ring (bicyclic) bond motifs is 3. The zero-order chi connectivity index (χ0) is 20.5. The van der Waals surface area contributed by atoms with E-state index in [-0.39, 0.29) is 11.8 Å². The third kappa shape index (κ3) is 3.49. The molecule has 1 N–H and O–H groups in total. The summed E-state index contributed by atoms with van der Waals surface area (Å²) in [4.78, 5) is 19.9. The minimum absolute atomic E-state index is 0.0624. The maximum atomic E-state index is 12.9. The largest absolute Gasteiger partial charge is 0.497 e. The fraction of sp³-hybridized carbons (Fsp3) is 0.435. The molecular weight excluding hydrogens is 378 g/mol. The number of ether oxygens (including phenoxy) is 1. The predicted molar refractivity (Wildman–Crippen MR) is 116 cm³/mol. The van der Waals surface area contributed by atoms with E-state index in [1.54, 1.807) is 7.11 Å². The standard InChI is InChI=1S/C23H27N5O2/c1-30-18-10-8-17(9-11-18)25-23(29)16-5-4-13-27(15-16)22-21-19-6-2-3-7-20(19)26-28(21)14-12-24-22/h8-12,14,16H,2-7,13,15H2,1H3,(H,25,29)/t16-/m0/s1. The summed E-state index contributed by atoms with van der Waals surface area (Å²) in [6.07, 6.45) is 10.1. The average molecular weight is 406 g/mol. The van der Waals surface area contributed by atoms with Crippen LogP contribution in [0.25, 0.3) is 5.52 Å². The van der Waals surface area contributed by atoms with Crippen LogP contribution < -0.4 is 15.0 Å². The van der Waals surface area contributed by atoms with Crippen molar-refractivity contribution >= 4 is 22.9 Å². The number of hydrogen-bond donors (Lipinski definition) is 1. The monoisotopic (exact) mass is 405 g/mol. The molecular formula is C23H27N5O2. The Morgan fingerprint density at radius 1 is 1.17 bits per heavy atom. The van der Waals surface area contributed by atoms with Crippen molar-refractivity contribution in [1.29, 1.82) is 0 Å². The van der Waals surface area contributed by atoms with Crippen molar-refractivity contribution in [2.75, 3.05) is 30.4 Å². The highest BCUT2D eigenvalue weighted by Crippen LogP contribution is 2.32. The molecule has 1 aliphatic carbocycles. The number of rotatable bonds is 4. The number of piperidine rings is 1. The molecule has 2 aliphatic rings. The first-order chi connectivity index (χ1) is 14.7. The van der Waals surface area contributed by atoms with E-state index in [1.807, 2.05) is 41.2 Å². The summed E-state index contributed by atoms with van der Waals surface area (Å²) in [7, 11) is 1.64. The summed E-state index contributed by atoms with van der Waals surface area (Å²) in [5.41, 5.74) is 4.47. The number of carbonyl (C=O) groups is 1. The number of aryl methyl sites for hydroxylation is 2. The Kier molecular flexibility index (Phi) is 5.02. The van der Waals surface area contributed by atoms with Crippen LogP contribution in [0.5, 0.6) is 5.75 Å². The van der Waals surface area contributed by atoms with Gasteiger partial charge in [-0.3, -0.25) is 4.79 Å². The molecule has 0 saturated carbocycles. The first-order valence-electron chi connectivity index (χ1n) is 10.8. The van der Waals surface area contributed by atoms with E-state index >= 15 is 0 Å². The highest BCUT2D eigenvalue weighted by Gasteiger charge is 2.29. The first-order valence-corrected chi connectivity index (χ1v) is 10.8. The number of aromatic nitrogens is 3. The molecule has 156 valence electrons. The topological polar surface area (TPSA) is 71.8 Å². The van der Waals surface area contributed by atoms with Gasteiger partial charge in [0.05, 0.1) is 18.7 Å². The second-order valence-electron chi connectivity index (χ2n) is 8.18. The van der Waals surface area contributed by atoms with Crippen LogP contribution in [0.3, 0.4) is 0 Å². The highest BCUT2D eigenvalue weighted by molar-refractivity contribution is 5.93. The second-order valence-corrected chi connectivity index (χ2v) is 8.18. The van der Waals surface area contributed by atoms with Crippen molar-refractivity contribution in [3.05, 3.63) is 47.9 Å². The molecule has 3 heterocycles. The lowest BCUT2D eigenvalue weighted by atomic mass is 9.95. The van der Waals surface area contributed by atoms with Crippen LogP contribution in [0.1, 0.15) is 36.9 Å². The molecule has 0 unspecified atom stereocenters. The van der Waals surface area contributed by atoms with Crippen molar-refractivity contribution in [2.24, 2.45) is 5.92 Å². The molecule has 1 saturated heterocycles. The number of anilines is 2. The maximum Gasteiger partial charge on any atom is 0.229 e. The normalized spacial score (nSPS) is 18.8. The summed E-state index contributed by atoms with van der Waals surface area (Å²) >= 11 is 0. The Hall–Kier alpha value is -3.09. The van der Waals surface area contributed by atoms with Gasteiger partial charge >= 0.3 is 0 Å². The minimum Gasteiger partial charge on any atom is -0.497 e. The Bertz CT molecular complexity index is 1060. The molecule has 0 bridgehead atoms. The number of nitrogens with zero attached hydrogens (tertiary/aromatic N) is 4. The molecule has 0 spiro atoms. The first kappa shape index (κ1) is 18.9. The van der Waals surface area contributed by atoms with Gasteiger partial charge < -0.3 is 15.0 Å². The molecule has 1 aromatic carbocycles. The van der Waals surface area contributed by atoms with Crippen LogP contribution in [0, 0.1) is 5.92 Å². The van der Waals surface area contributed by atoms with E-state index in [0.717, 1.165) is 55.0 Å². The van der Waals surface area contributed by atoms with Crippen molar-refractivity contribution in [3.63, 3.8) is 0 Å². The van der Waals surface area contributed by atoms with Gasteiger partial charge in [0.25, 0.3) is 0 Å². The third-order valence-electron chi connectivity index (χ3n) is 6.25. The lowest BCUT2D eigenvalue weighted by molar-refractivity contribution is -0.120.